The van der Waals surface area contributed by atoms with E-state index in [1.54, 1.807) is 0 Å². The molecule has 1 aromatic carbocycles. The van der Waals surface area contributed by atoms with Gasteiger partial charge in [-0.2, -0.15) is 0 Å². The molecule has 0 fully saturated rings. The summed E-state index contributed by atoms with van der Waals surface area (Å²) in [7, 11) is -3.84. The van der Waals surface area contributed by atoms with Crippen molar-refractivity contribution in [2.24, 2.45) is 0 Å². The average Bonchev–Trinajstić information content (AvgIpc) is 2.83. The van der Waals surface area contributed by atoms with E-state index in [1.807, 2.05) is 0 Å². The minimum absolute atomic E-state index is 0.0360. The van der Waals surface area contributed by atoms with Gasteiger partial charge in [0.1, 0.15) is 10.0 Å². The molecule has 0 aliphatic rings. The first-order chi connectivity index (χ1) is 9.33. The fourth-order valence-electron chi connectivity index (χ4n) is 1.41. The van der Waals surface area contributed by atoms with E-state index >= 15 is 0 Å². The van der Waals surface area contributed by atoms with Gasteiger partial charge >= 0.3 is 0 Å². The van der Waals surface area contributed by atoms with E-state index in [0.29, 0.717) is 4.88 Å². The first-order valence-electron chi connectivity index (χ1n) is 5.20. The van der Waals surface area contributed by atoms with E-state index in [1.165, 1.54) is 12.1 Å². The van der Waals surface area contributed by atoms with Crippen LogP contribution in [0.15, 0.2) is 32.9 Å². The Hall–Kier alpha value is -0.670. The highest BCUT2D eigenvalue weighted by Crippen LogP contribution is 2.34. The van der Waals surface area contributed by atoms with Crippen molar-refractivity contribution in [3.63, 3.8) is 0 Å². The maximum atomic E-state index is 13.1. The lowest BCUT2D eigenvalue weighted by atomic mass is 10.3. The molecular weight excluding hydrogens is 393 g/mol. The van der Waals surface area contributed by atoms with Crippen molar-refractivity contribution in [3.05, 3.63) is 44.5 Å². The Morgan fingerprint density at radius 1 is 1.40 bits per heavy atom. The Morgan fingerprint density at radius 2 is 2.10 bits per heavy atom. The second-order valence-corrected chi connectivity index (χ2v) is 8.07. The van der Waals surface area contributed by atoms with Gasteiger partial charge in [-0.05, 0) is 40.2 Å². The molecule has 0 saturated carbocycles. The number of aliphatic hydroxyl groups excluding tert-OH is 1. The Balaban J connectivity index is 2.38. The molecule has 0 aliphatic carbocycles. The van der Waals surface area contributed by atoms with Crippen LogP contribution in [0.4, 0.5) is 10.1 Å². The van der Waals surface area contributed by atoms with Gasteiger partial charge in [0, 0.05) is 9.35 Å². The summed E-state index contributed by atoms with van der Waals surface area (Å²) < 4.78 is 40.0. The molecule has 9 heteroatoms. The zero-order valence-corrected chi connectivity index (χ0v) is 13.7. The van der Waals surface area contributed by atoms with Gasteiger partial charge in [0.05, 0.1) is 17.3 Å². The summed E-state index contributed by atoms with van der Waals surface area (Å²) in [6.45, 7) is -0.235. The van der Waals surface area contributed by atoms with Gasteiger partial charge in [-0.25, -0.2) is 12.8 Å². The predicted octanol–water partition coefficient (Wildman–Crippen LogP) is 3.60. The first kappa shape index (κ1) is 15.7. The fraction of sp³-hybridized carbons (Fsp3) is 0.0909. The molecule has 4 nitrogen and oxygen atoms in total. The van der Waals surface area contributed by atoms with Crippen LogP contribution in [0.2, 0.25) is 5.02 Å². The van der Waals surface area contributed by atoms with Crippen LogP contribution in [0.3, 0.4) is 0 Å². The van der Waals surface area contributed by atoms with Crippen LogP contribution in [-0.2, 0) is 16.6 Å². The summed E-state index contributed by atoms with van der Waals surface area (Å²) in [6.07, 6.45) is 0. The maximum absolute atomic E-state index is 13.1. The molecule has 20 heavy (non-hydrogen) atoms. The number of hydrogen-bond donors (Lipinski definition) is 2. The minimum Gasteiger partial charge on any atom is -0.391 e. The van der Waals surface area contributed by atoms with Crippen LogP contribution >= 0.6 is 38.9 Å². The van der Waals surface area contributed by atoms with Gasteiger partial charge in [0.25, 0.3) is 10.0 Å². The van der Waals surface area contributed by atoms with E-state index in [-0.39, 0.29) is 26.0 Å². The van der Waals surface area contributed by atoms with Crippen LogP contribution in [0, 0.1) is 5.82 Å². The molecule has 2 rings (SSSR count). The standard InChI is InChI=1S/C11H8BrClFNO3S2/c12-8-3-6(14)4-9(13)11(8)15-20(17,18)10-2-1-7(5-16)19-10/h1-4,15-16H,5H2. The second-order valence-electron chi connectivity index (χ2n) is 3.73. The molecule has 0 bridgehead atoms. The van der Waals surface area contributed by atoms with Crippen molar-refractivity contribution in [2.45, 2.75) is 10.8 Å². The summed E-state index contributed by atoms with van der Waals surface area (Å²) >= 11 is 9.82. The van der Waals surface area contributed by atoms with Crippen LogP contribution < -0.4 is 4.72 Å². The number of benzene rings is 1. The van der Waals surface area contributed by atoms with E-state index in [9.17, 15) is 12.8 Å². The van der Waals surface area contributed by atoms with Gasteiger partial charge < -0.3 is 5.11 Å². The fourth-order valence-corrected chi connectivity index (χ4v) is 4.81. The van der Waals surface area contributed by atoms with E-state index in [2.05, 4.69) is 20.7 Å². The van der Waals surface area contributed by atoms with E-state index in [4.69, 9.17) is 16.7 Å². The third-order valence-corrected chi connectivity index (χ3v) is 6.14. The molecule has 1 heterocycles. The minimum atomic E-state index is -3.84. The van der Waals surface area contributed by atoms with Crippen molar-refractivity contribution >= 4 is 54.6 Å². The predicted molar refractivity (Wildman–Crippen MR) is 80.2 cm³/mol. The van der Waals surface area contributed by atoms with E-state index in [0.717, 1.165) is 23.5 Å². The molecule has 2 aromatic rings. The van der Waals surface area contributed by atoms with Crippen molar-refractivity contribution in [1.29, 1.82) is 0 Å². The summed E-state index contributed by atoms with van der Waals surface area (Å²) in [5.74, 6) is -0.580. The Bertz CT molecular complexity index is 725. The molecule has 1 aromatic heterocycles. The summed E-state index contributed by atoms with van der Waals surface area (Å²) in [5.41, 5.74) is 0.0621. The summed E-state index contributed by atoms with van der Waals surface area (Å²) in [5, 5.41) is 8.89. The molecule has 0 atom stereocenters. The zero-order valence-electron chi connectivity index (χ0n) is 9.73. The quantitative estimate of drug-likeness (QED) is 0.824. The number of sulfonamides is 1. The summed E-state index contributed by atoms with van der Waals surface area (Å²) in [6, 6.07) is 5.01. The molecule has 108 valence electrons. The van der Waals surface area contributed by atoms with Crippen LogP contribution in [-0.4, -0.2) is 13.5 Å². The van der Waals surface area contributed by atoms with Gasteiger partial charge in [-0.1, -0.05) is 11.6 Å². The third kappa shape index (κ3) is 3.32. The van der Waals surface area contributed by atoms with E-state index < -0.39 is 15.8 Å². The molecule has 0 saturated heterocycles. The number of nitrogens with one attached hydrogen (secondary N) is 1. The highest BCUT2D eigenvalue weighted by atomic mass is 79.9. The van der Waals surface area contributed by atoms with Gasteiger partial charge in [0.15, 0.2) is 0 Å². The maximum Gasteiger partial charge on any atom is 0.271 e. The number of aliphatic hydroxyl groups is 1. The molecular formula is C11H8BrClFNO3S2. The number of hydrogen-bond acceptors (Lipinski definition) is 4. The highest BCUT2D eigenvalue weighted by molar-refractivity contribution is 9.10. The topological polar surface area (TPSA) is 66.4 Å². The molecule has 0 unspecified atom stereocenters. The molecule has 0 amide bonds. The SMILES string of the molecule is O=S(=O)(Nc1c(Cl)cc(F)cc1Br)c1ccc(CO)s1. The Morgan fingerprint density at radius 3 is 2.65 bits per heavy atom. The highest BCUT2D eigenvalue weighted by Gasteiger charge is 2.20. The first-order valence-corrected chi connectivity index (χ1v) is 8.67. The lowest BCUT2D eigenvalue weighted by Gasteiger charge is -2.10. The number of anilines is 1. The smallest absolute Gasteiger partial charge is 0.271 e. The van der Waals surface area contributed by atoms with Crippen molar-refractivity contribution in [3.8, 4) is 0 Å². The zero-order chi connectivity index (χ0) is 14.9. The van der Waals surface area contributed by atoms with Crippen molar-refractivity contribution in [2.75, 3.05) is 4.72 Å². The number of thiophene rings is 1. The molecule has 0 radical (unpaired) electrons. The van der Waals surface area contributed by atoms with Gasteiger partial charge in [0.2, 0.25) is 0 Å². The van der Waals surface area contributed by atoms with Crippen molar-refractivity contribution < 1.29 is 17.9 Å². The average molecular weight is 401 g/mol. The lowest BCUT2D eigenvalue weighted by Crippen LogP contribution is -2.12. The van der Waals surface area contributed by atoms with Crippen LogP contribution in [0.1, 0.15) is 4.88 Å². The van der Waals surface area contributed by atoms with Gasteiger partial charge in [-0.15, -0.1) is 11.3 Å². The normalized spacial score (nSPS) is 11.6. The van der Waals surface area contributed by atoms with Gasteiger partial charge in [-0.3, -0.25) is 4.72 Å². The van der Waals surface area contributed by atoms with Crippen LogP contribution in [0.25, 0.3) is 0 Å². The number of halogens is 3. The molecule has 0 spiro atoms. The molecule has 0 aliphatic heterocycles. The Kier molecular flexibility index (Phi) is 4.70. The largest absolute Gasteiger partial charge is 0.391 e. The van der Waals surface area contributed by atoms with Crippen LogP contribution in [0.5, 0.6) is 0 Å². The lowest BCUT2D eigenvalue weighted by molar-refractivity contribution is 0.285. The number of rotatable bonds is 4. The molecule has 2 N–H and O–H groups in total. The second kappa shape index (κ2) is 5.98. The Labute approximate surface area is 132 Å². The van der Waals surface area contributed by atoms with Crippen molar-refractivity contribution in [1.82, 2.24) is 0 Å². The third-order valence-electron chi connectivity index (χ3n) is 2.30. The monoisotopic (exact) mass is 399 g/mol. The summed E-state index contributed by atoms with van der Waals surface area (Å²) in [4.78, 5) is 0.523.